The van der Waals surface area contributed by atoms with Crippen molar-refractivity contribution in [3.63, 3.8) is 0 Å². The van der Waals surface area contributed by atoms with Crippen LogP contribution in [0.1, 0.15) is 11.5 Å². The standard InChI is InChI=1S/C33H45F3N2O9/c1-38(2)28-6-3-27(4-7-28)5-10-32-37-30-9-8-29(25-31(30)47-32)46-24-23-44-20-19-42-16-15-40-12-11-39-13-14-41-17-18-43-21-22-45-26-33(34,35)36/h3-10,25H,11-24,26H2,1-2H3/b10-5+. The minimum atomic E-state index is -4.32. The van der Waals surface area contributed by atoms with Gasteiger partial charge in [0.1, 0.15) is 24.5 Å². The summed E-state index contributed by atoms with van der Waals surface area (Å²) >= 11 is 0. The monoisotopic (exact) mass is 670 g/mol. The zero-order valence-corrected chi connectivity index (χ0v) is 27.0. The second-order valence-electron chi connectivity index (χ2n) is 10.2. The normalized spacial score (nSPS) is 12.0. The van der Waals surface area contributed by atoms with Gasteiger partial charge in [-0.15, -0.1) is 0 Å². The molecule has 0 saturated heterocycles. The molecule has 0 aliphatic carbocycles. The minimum Gasteiger partial charge on any atom is -0.491 e. The van der Waals surface area contributed by atoms with E-state index in [9.17, 15) is 13.2 Å². The molecule has 47 heavy (non-hydrogen) atoms. The molecule has 262 valence electrons. The van der Waals surface area contributed by atoms with Gasteiger partial charge in [-0.3, -0.25) is 0 Å². The van der Waals surface area contributed by atoms with Gasteiger partial charge in [0.25, 0.3) is 0 Å². The first kappa shape index (κ1) is 38.2. The number of rotatable bonds is 26. The van der Waals surface area contributed by atoms with Gasteiger partial charge in [-0.2, -0.15) is 13.2 Å². The Bertz CT molecular complexity index is 1270. The molecule has 3 rings (SSSR count). The topological polar surface area (TPSA) is 103 Å². The van der Waals surface area contributed by atoms with E-state index in [1.807, 2.05) is 56.6 Å². The third-order valence-electron chi connectivity index (χ3n) is 6.20. The Hall–Kier alpha value is -3.24. The third kappa shape index (κ3) is 17.5. The first-order chi connectivity index (χ1) is 22.8. The van der Waals surface area contributed by atoms with Crippen LogP contribution >= 0.6 is 0 Å². The Kier molecular flexibility index (Phi) is 18.2. The van der Waals surface area contributed by atoms with Crippen molar-refractivity contribution in [2.24, 2.45) is 0 Å². The third-order valence-corrected chi connectivity index (χ3v) is 6.20. The molecule has 0 N–H and O–H groups in total. The summed E-state index contributed by atoms with van der Waals surface area (Å²) in [5.41, 5.74) is 3.61. The molecule has 1 aromatic heterocycles. The summed E-state index contributed by atoms with van der Waals surface area (Å²) in [4.78, 5) is 6.56. The molecule has 0 amide bonds. The van der Waals surface area contributed by atoms with E-state index in [0.29, 0.717) is 89.9 Å². The van der Waals surface area contributed by atoms with Gasteiger partial charge in [-0.25, -0.2) is 4.98 Å². The Morgan fingerprint density at radius 1 is 0.638 bits per heavy atom. The molecule has 0 aliphatic rings. The molecule has 0 saturated carbocycles. The quantitative estimate of drug-likeness (QED) is 0.106. The number of fused-ring (bicyclic) bond motifs is 1. The van der Waals surface area contributed by atoms with Crippen molar-refractivity contribution in [1.82, 2.24) is 4.98 Å². The molecule has 0 fully saturated rings. The van der Waals surface area contributed by atoms with Crippen LogP contribution in [0.2, 0.25) is 0 Å². The van der Waals surface area contributed by atoms with E-state index in [2.05, 4.69) is 26.8 Å². The second-order valence-corrected chi connectivity index (χ2v) is 10.2. The van der Waals surface area contributed by atoms with E-state index in [-0.39, 0.29) is 19.8 Å². The van der Waals surface area contributed by atoms with Crippen LogP contribution in [0, 0.1) is 0 Å². The van der Waals surface area contributed by atoms with Crippen molar-refractivity contribution in [2.45, 2.75) is 6.18 Å². The Morgan fingerprint density at radius 3 is 1.62 bits per heavy atom. The predicted molar refractivity (Wildman–Crippen MR) is 171 cm³/mol. The lowest BCUT2D eigenvalue weighted by atomic mass is 10.2. The summed E-state index contributed by atoms with van der Waals surface area (Å²) in [7, 11) is 4.02. The van der Waals surface area contributed by atoms with Crippen molar-refractivity contribution >= 4 is 28.9 Å². The summed E-state index contributed by atoms with van der Waals surface area (Å²) in [6, 6.07) is 13.8. The maximum Gasteiger partial charge on any atom is 0.411 e. The lowest BCUT2D eigenvalue weighted by Crippen LogP contribution is -2.19. The molecule has 0 bridgehead atoms. The van der Waals surface area contributed by atoms with E-state index in [1.54, 1.807) is 0 Å². The highest BCUT2D eigenvalue weighted by Gasteiger charge is 2.27. The Labute approximate surface area is 273 Å². The van der Waals surface area contributed by atoms with Gasteiger partial charge in [0.2, 0.25) is 5.89 Å². The van der Waals surface area contributed by atoms with Gasteiger partial charge in [0.15, 0.2) is 5.58 Å². The van der Waals surface area contributed by atoms with Crippen molar-refractivity contribution in [3.8, 4) is 5.75 Å². The summed E-state index contributed by atoms with van der Waals surface area (Å²) < 4.78 is 84.1. The number of anilines is 1. The average Bonchev–Trinajstić information content (AvgIpc) is 3.46. The number of oxazole rings is 1. The molecule has 2 aromatic carbocycles. The maximum atomic E-state index is 11.9. The molecule has 0 aliphatic heterocycles. The maximum absolute atomic E-state index is 11.9. The fourth-order valence-corrected chi connectivity index (χ4v) is 3.86. The first-order valence-corrected chi connectivity index (χ1v) is 15.4. The van der Waals surface area contributed by atoms with Gasteiger partial charge in [0.05, 0.1) is 85.9 Å². The number of nitrogens with zero attached hydrogens (tertiary/aromatic N) is 2. The van der Waals surface area contributed by atoms with Crippen molar-refractivity contribution in [3.05, 3.63) is 53.9 Å². The van der Waals surface area contributed by atoms with Crippen LogP contribution < -0.4 is 9.64 Å². The lowest BCUT2D eigenvalue weighted by molar-refractivity contribution is -0.176. The predicted octanol–water partition coefficient (Wildman–Crippen LogP) is 5.12. The van der Waals surface area contributed by atoms with Crippen LogP contribution in [0.15, 0.2) is 46.9 Å². The summed E-state index contributed by atoms with van der Waals surface area (Å²) in [6.07, 6.45) is -0.506. The molecule has 1 heterocycles. The van der Waals surface area contributed by atoms with E-state index in [4.69, 9.17) is 37.6 Å². The summed E-state index contributed by atoms with van der Waals surface area (Å²) in [5, 5.41) is 0. The highest BCUT2D eigenvalue weighted by Crippen LogP contribution is 2.23. The molecular formula is C33H45F3N2O9. The Morgan fingerprint density at radius 2 is 1.13 bits per heavy atom. The lowest BCUT2D eigenvalue weighted by Gasteiger charge is -2.11. The van der Waals surface area contributed by atoms with Gasteiger partial charge in [0, 0.05) is 31.9 Å². The molecule has 11 nitrogen and oxygen atoms in total. The SMILES string of the molecule is CN(C)c1ccc(/C=C/c2nc3ccc(OCCOCCOCCOCCOCCOCCOCCOCC(F)(F)F)cc3o2)cc1. The van der Waals surface area contributed by atoms with Crippen LogP contribution in [0.25, 0.3) is 23.3 Å². The van der Waals surface area contributed by atoms with Crippen molar-refractivity contribution < 1.29 is 55.5 Å². The van der Waals surface area contributed by atoms with Gasteiger partial charge < -0.3 is 47.2 Å². The van der Waals surface area contributed by atoms with Crippen molar-refractivity contribution in [2.75, 3.05) is 118 Å². The molecule has 0 spiro atoms. The number of hydrogen-bond donors (Lipinski definition) is 0. The smallest absolute Gasteiger partial charge is 0.411 e. The molecule has 0 atom stereocenters. The number of ether oxygens (including phenoxy) is 8. The number of alkyl halides is 3. The first-order valence-electron chi connectivity index (χ1n) is 15.4. The van der Waals surface area contributed by atoms with Crippen LogP contribution in [-0.2, 0) is 33.2 Å². The fourth-order valence-electron chi connectivity index (χ4n) is 3.86. The highest BCUT2D eigenvalue weighted by molar-refractivity contribution is 5.77. The van der Waals surface area contributed by atoms with Gasteiger partial charge in [-0.1, -0.05) is 12.1 Å². The van der Waals surface area contributed by atoms with E-state index in [1.165, 1.54) is 0 Å². The number of benzene rings is 2. The average molecular weight is 671 g/mol. The van der Waals surface area contributed by atoms with Crippen LogP contribution in [0.4, 0.5) is 18.9 Å². The molecule has 0 unspecified atom stereocenters. The Balaban J connectivity index is 1.09. The second kappa shape index (κ2) is 22.4. The fraction of sp³-hybridized carbons (Fsp3) is 0.545. The number of hydrogen-bond acceptors (Lipinski definition) is 11. The summed E-state index contributed by atoms with van der Waals surface area (Å²) in [5.74, 6) is 1.20. The van der Waals surface area contributed by atoms with E-state index in [0.717, 1.165) is 16.8 Å². The van der Waals surface area contributed by atoms with E-state index < -0.39 is 12.8 Å². The largest absolute Gasteiger partial charge is 0.491 e. The molecule has 0 radical (unpaired) electrons. The van der Waals surface area contributed by atoms with Crippen molar-refractivity contribution in [1.29, 1.82) is 0 Å². The molecule has 3 aromatic rings. The highest BCUT2D eigenvalue weighted by atomic mass is 19.4. The number of aromatic nitrogens is 1. The molecule has 14 heteroatoms. The zero-order chi connectivity index (χ0) is 33.6. The van der Waals surface area contributed by atoms with E-state index >= 15 is 0 Å². The van der Waals surface area contributed by atoms with Crippen LogP contribution in [0.5, 0.6) is 5.75 Å². The van der Waals surface area contributed by atoms with Gasteiger partial charge in [-0.05, 0) is 35.9 Å². The molecular weight excluding hydrogens is 625 g/mol. The zero-order valence-electron chi connectivity index (χ0n) is 27.0. The summed E-state index contributed by atoms with van der Waals surface area (Å²) in [6.45, 7) is 3.51. The number of halogens is 3. The van der Waals surface area contributed by atoms with Crippen LogP contribution in [-0.4, -0.2) is 124 Å². The van der Waals surface area contributed by atoms with Crippen LogP contribution in [0.3, 0.4) is 0 Å². The van der Waals surface area contributed by atoms with Gasteiger partial charge >= 0.3 is 6.18 Å². The minimum absolute atomic E-state index is 0.0806.